The number of carbonyl (C=O) groups excluding carboxylic acids is 1. The quantitative estimate of drug-likeness (QED) is 0.547. The van der Waals surface area contributed by atoms with Crippen LogP contribution in [-0.4, -0.2) is 48.4 Å². The van der Waals surface area contributed by atoms with Gasteiger partial charge in [-0.05, 0) is 49.4 Å². The topological polar surface area (TPSA) is 72.5 Å². The van der Waals surface area contributed by atoms with Gasteiger partial charge < -0.3 is 28.4 Å². The van der Waals surface area contributed by atoms with Gasteiger partial charge in [0.1, 0.15) is 5.78 Å². The molecule has 182 valence electrons. The van der Waals surface area contributed by atoms with Crippen molar-refractivity contribution in [3.8, 4) is 34.5 Å². The Morgan fingerprint density at radius 2 is 1.24 bits per heavy atom. The zero-order chi connectivity index (χ0) is 24.4. The van der Waals surface area contributed by atoms with Crippen LogP contribution in [-0.2, 0) is 11.2 Å². The Morgan fingerprint density at radius 1 is 0.697 bits per heavy atom. The van der Waals surface area contributed by atoms with Gasteiger partial charge >= 0.3 is 0 Å². The molecule has 2 aromatic carbocycles. The molecule has 33 heavy (non-hydrogen) atoms. The summed E-state index contributed by atoms with van der Waals surface area (Å²) in [6.07, 6.45) is 4.55. The summed E-state index contributed by atoms with van der Waals surface area (Å²) in [5.41, 5.74) is 2.03. The Bertz CT molecular complexity index is 923. The van der Waals surface area contributed by atoms with Gasteiger partial charge in [-0.1, -0.05) is 18.6 Å². The molecule has 1 atom stereocenters. The molecule has 0 spiro atoms. The van der Waals surface area contributed by atoms with Crippen molar-refractivity contribution in [3.63, 3.8) is 0 Å². The Morgan fingerprint density at radius 3 is 1.76 bits per heavy atom. The number of aryl methyl sites for hydroxylation is 1. The molecular formula is C26H36O7. The molecule has 1 fully saturated rings. The Hall–Kier alpha value is -3.09. The van der Waals surface area contributed by atoms with Crippen molar-refractivity contribution in [2.75, 3.05) is 42.7 Å². The first kappa shape index (κ1) is 26.2. The lowest BCUT2D eigenvalue weighted by molar-refractivity contribution is -0.124. The molecule has 0 heterocycles. The molecule has 0 radical (unpaired) electrons. The highest BCUT2D eigenvalue weighted by molar-refractivity contribution is 5.82. The Labute approximate surface area is 196 Å². The number of Topliss-reactive ketones (excluding diaryl/α,β-unsaturated/α-hetero) is 1. The van der Waals surface area contributed by atoms with Crippen molar-refractivity contribution in [1.82, 2.24) is 0 Å². The summed E-state index contributed by atoms with van der Waals surface area (Å²) in [6, 6.07) is 7.61. The summed E-state index contributed by atoms with van der Waals surface area (Å²) in [7, 11) is 9.62. The number of carbonyl (C=O) groups is 1. The maximum atomic E-state index is 12.0. The van der Waals surface area contributed by atoms with Gasteiger partial charge in [0, 0.05) is 12.3 Å². The van der Waals surface area contributed by atoms with Gasteiger partial charge in [0.2, 0.25) is 11.5 Å². The highest BCUT2D eigenvalue weighted by Gasteiger charge is 2.25. The highest BCUT2D eigenvalue weighted by Crippen LogP contribution is 2.41. The predicted molar refractivity (Wildman–Crippen MR) is 128 cm³/mol. The summed E-state index contributed by atoms with van der Waals surface area (Å²) in [4.78, 5) is 12.0. The minimum atomic E-state index is 0.107. The third-order valence-corrected chi connectivity index (χ3v) is 5.83. The summed E-state index contributed by atoms with van der Waals surface area (Å²) in [5.74, 6) is 4.43. The fraction of sp³-hybridized carbons (Fsp3) is 0.500. The lowest BCUT2D eigenvalue weighted by Gasteiger charge is -2.22. The van der Waals surface area contributed by atoms with Crippen LogP contribution >= 0.6 is 0 Å². The van der Waals surface area contributed by atoms with Crippen LogP contribution in [0.2, 0.25) is 0 Å². The van der Waals surface area contributed by atoms with Gasteiger partial charge in [0.25, 0.3) is 0 Å². The fourth-order valence-electron chi connectivity index (χ4n) is 4.11. The van der Waals surface area contributed by atoms with Crippen LogP contribution in [0, 0.1) is 12.8 Å². The van der Waals surface area contributed by atoms with Crippen molar-refractivity contribution in [2.45, 2.75) is 39.0 Å². The van der Waals surface area contributed by atoms with Crippen molar-refractivity contribution >= 4 is 5.78 Å². The van der Waals surface area contributed by atoms with E-state index in [0.29, 0.717) is 47.4 Å². The number of benzene rings is 2. The average Bonchev–Trinajstić information content (AvgIpc) is 2.84. The molecule has 0 saturated heterocycles. The number of methoxy groups -OCH3 is 6. The lowest BCUT2D eigenvalue weighted by Crippen LogP contribution is -2.21. The number of ether oxygens (including phenoxy) is 6. The number of rotatable bonds is 8. The molecule has 7 nitrogen and oxygen atoms in total. The first-order valence-corrected chi connectivity index (χ1v) is 11.0. The number of hydrogen-bond donors (Lipinski definition) is 0. The highest BCUT2D eigenvalue weighted by atomic mass is 16.5. The van der Waals surface area contributed by atoms with Crippen LogP contribution in [0.3, 0.4) is 0 Å². The summed E-state index contributed by atoms with van der Waals surface area (Å²) in [6.45, 7) is 1.96. The molecule has 0 aliphatic heterocycles. The normalized spacial score (nSPS) is 15.1. The minimum Gasteiger partial charge on any atom is -0.493 e. The van der Waals surface area contributed by atoms with Gasteiger partial charge in [-0.15, -0.1) is 0 Å². The maximum Gasteiger partial charge on any atom is 0.203 e. The van der Waals surface area contributed by atoms with E-state index in [2.05, 4.69) is 0 Å². The molecule has 3 rings (SSSR count). The maximum absolute atomic E-state index is 12.0. The standard InChI is InChI=1S/C16H22O4.C10H14O3/c1-18-14-9-8-12(15(19-2)16(14)20-3)10-11-6-4-5-7-13(11)17;1-7-5-6-8(11-2)10(13-4)9(7)12-3/h8-9,11H,4-7,10H2,1-3H3;5-6H,1-4H3. The van der Waals surface area contributed by atoms with Crippen molar-refractivity contribution in [2.24, 2.45) is 5.92 Å². The van der Waals surface area contributed by atoms with E-state index in [1.807, 2.05) is 31.2 Å². The van der Waals surface area contributed by atoms with Crippen LogP contribution in [0.5, 0.6) is 34.5 Å². The van der Waals surface area contributed by atoms with E-state index in [-0.39, 0.29) is 5.92 Å². The van der Waals surface area contributed by atoms with E-state index < -0.39 is 0 Å². The van der Waals surface area contributed by atoms with Crippen LogP contribution in [0.1, 0.15) is 36.8 Å². The van der Waals surface area contributed by atoms with E-state index >= 15 is 0 Å². The van der Waals surface area contributed by atoms with E-state index in [1.54, 1.807) is 42.7 Å². The molecule has 0 aromatic heterocycles. The lowest BCUT2D eigenvalue weighted by atomic mass is 9.83. The SMILES string of the molecule is COc1ccc(C)c(OC)c1OC.COc1ccc(CC2CCCCC2=O)c(OC)c1OC. The van der Waals surface area contributed by atoms with Crippen LogP contribution in [0.4, 0.5) is 0 Å². The summed E-state index contributed by atoms with van der Waals surface area (Å²) in [5, 5.41) is 0. The molecule has 1 aliphatic rings. The van der Waals surface area contributed by atoms with Gasteiger partial charge in [0.05, 0.1) is 42.7 Å². The number of hydrogen-bond acceptors (Lipinski definition) is 7. The van der Waals surface area contributed by atoms with Crippen LogP contribution in [0.25, 0.3) is 0 Å². The Kier molecular flexibility index (Phi) is 10.2. The van der Waals surface area contributed by atoms with Crippen molar-refractivity contribution in [1.29, 1.82) is 0 Å². The van der Waals surface area contributed by atoms with Crippen LogP contribution < -0.4 is 28.4 Å². The second-order valence-corrected chi connectivity index (χ2v) is 7.76. The zero-order valence-electron chi connectivity index (χ0n) is 20.8. The fourth-order valence-corrected chi connectivity index (χ4v) is 4.11. The summed E-state index contributed by atoms with van der Waals surface area (Å²) >= 11 is 0. The molecule has 7 heteroatoms. The summed E-state index contributed by atoms with van der Waals surface area (Å²) < 4.78 is 31.6. The molecule has 0 amide bonds. The largest absolute Gasteiger partial charge is 0.493 e. The minimum absolute atomic E-state index is 0.107. The van der Waals surface area contributed by atoms with E-state index in [4.69, 9.17) is 28.4 Å². The molecule has 1 unspecified atom stereocenters. The second kappa shape index (κ2) is 12.8. The van der Waals surface area contributed by atoms with Gasteiger partial charge in [-0.2, -0.15) is 0 Å². The zero-order valence-corrected chi connectivity index (χ0v) is 20.8. The third kappa shape index (κ3) is 6.24. The molecule has 0 bridgehead atoms. The van der Waals surface area contributed by atoms with Gasteiger partial charge in [0.15, 0.2) is 23.0 Å². The molecule has 0 N–H and O–H groups in total. The number of ketones is 1. The first-order chi connectivity index (χ1) is 15.9. The van der Waals surface area contributed by atoms with Gasteiger partial charge in [-0.3, -0.25) is 4.79 Å². The van der Waals surface area contributed by atoms with Crippen molar-refractivity contribution < 1.29 is 33.2 Å². The first-order valence-electron chi connectivity index (χ1n) is 11.0. The Balaban J connectivity index is 0.000000257. The van der Waals surface area contributed by atoms with Crippen LogP contribution in [0.15, 0.2) is 24.3 Å². The monoisotopic (exact) mass is 460 g/mol. The smallest absolute Gasteiger partial charge is 0.203 e. The predicted octanol–water partition coefficient (Wildman–Crippen LogP) is 5.04. The molecule has 2 aromatic rings. The third-order valence-electron chi connectivity index (χ3n) is 5.83. The van der Waals surface area contributed by atoms with Gasteiger partial charge in [-0.25, -0.2) is 0 Å². The van der Waals surface area contributed by atoms with Crippen molar-refractivity contribution in [3.05, 3.63) is 35.4 Å². The molecule has 1 aliphatic carbocycles. The van der Waals surface area contributed by atoms with E-state index in [0.717, 1.165) is 36.1 Å². The second-order valence-electron chi connectivity index (χ2n) is 7.76. The van der Waals surface area contributed by atoms with E-state index in [9.17, 15) is 4.79 Å². The average molecular weight is 461 g/mol. The molecule has 1 saturated carbocycles. The molecular weight excluding hydrogens is 424 g/mol. The van der Waals surface area contributed by atoms with E-state index in [1.165, 1.54) is 0 Å².